The van der Waals surface area contributed by atoms with Crippen molar-refractivity contribution in [2.24, 2.45) is 71.0 Å². The van der Waals surface area contributed by atoms with Crippen molar-refractivity contribution in [3.05, 3.63) is 50.3 Å². The summed E-state index contributed by atoms with van der Waals surface area (Å²) in [4.78, 5) is 54.0. The molecule has 12 nitrogen and oxygen atoms in total. The molecule has 0 radical (unpaired) electrons. The molecule has 0 bridgehead atoms. The number of nitrogens with one attached hydrogen (secondary N) is 2. The van der Waals surface area contributed by atoms with Gasteiger partial charge in [0.05, 0.1) is 32.3 Å². The van der Waals surface area contributed by atoms with Crippen LogP contribution in [0.15, 0.2) is 27.9 Å². The highest BCUT2D eigenvalue weighted by Gasteiger charge is 2.38. The Labute approximate surface area is 576 Å². The predicted octanol–water partition coefficient (Wildman–Crippen LogP) is 22.1. The third-order valence-corrected chi connectivity index (χ3v) is 20.8. The molecule has 0 spiro atoms. The number of benzene rings is 1. The van der Waals surface area contributed by atoms with E-state index in [0.29, 0.717) is 66.8 Å². The molecular formula is C82H147N3O9. The van der Waals surface area contributed by atoms with Gasteiger partial charge in [-0.3, -0.25) is 23.9 Å². The molecule has 2 aromatic rings. The van der Waals surface area contributed by atoms with Gasteiger partial charge in [-0.15, -0.1) is 0 Å². The molecule has 1 aromatic carbocycles. The fraction of sp³-hybridized carbons (Fsp3) is 0.854. The SMILES string of the molecule is CCC1OC(n2cc(C)c(=O)[nH]c2=O)C[C@H]1OC(=O)CCC(=O)NCc1cc(OCCC(C)CCCC(C)CCCC(C)CCCC(C)C)c(OCCC(C)CCCC(C)CCCC(C)CCCC(C)C)c(OCCC(C)CCCC(C)CCCC(C)CCCC(C)C)c1. The minimum atomic E-state index is -0.695. The van der Waals surface area contributed by atoms with E-state index in [9.17, 15) is 19.2 Å². The van der Waals surface area contributed by atoms with Gasteiger partial charge in [-0.1, -0.05) is 284 Å². The van der Waals surface area contributed by atoms with E-state index < -0.39 is 35.7 Å². The second kappa shape index (κ2) is 48.8. The number of nitrogens with zero attached hydrogens (tertiary/aromatic N) is 1. The Morgan fingerprint density at radius 3 is 1.19 bits per heavy atom. The Bertz CT molecular complexity index is 2340. The molecule has 0 saturated carbocycles. The normalized spacial score (nSPS) is 18.0. The van der Waals surface area contributed by atoms with Crippen molar-refractivity contribution in [2.45, 2.75) is 361 Å². The molecule has 3 rings (SSSR count). The number of amides is 1. The van der Waals surface area contributed by atoms with Crippen LogP contribution in [-0.2, 0) is 25.6 Å². The molecule has 1 aromatic heterocycles. The molecule has 1 aliphatic heterocycles. The van der Waals surface area contributed by atoms with Gasteiger partial charge < -0.3 is 29.0 Å². The monoisotopic (exact) mass is 1320 g/mol. The van der Waals surface area contributed by atoms with Gasteiger partial charge in [0.25, 0.3) is 5.56 Å². The van der Waals surface area contributed by atoms with Crippen LogP contribution in [0.4, 0.5) is 0 Å². The summed E-state index contributed by atoms with van der Waals surface area (Å²) < 4.78 is 33.9. The molecule has 1 amide bonds. The minimum absolute atomic E-state index is 0.0585. The van der Waals surface area contributed by atoms with Crippen molar-refractivity contribution in [3.63, 3.8) is 0 Å². The third kappa shape index (κ3) is 38.4. The Morgan fingerprint density at radius 2 is 0.840 bits per heavy atom. The summed E-state index contributed by atoms with van der Waals surface area (Å²) in [6, 6.07) is 4.03. The summed E-state index contributed by atoms with van der Waals surface area (Å²) in [5.74, 6) is 9.78. The first-order valence-electron chi connectivity index (χ1n) is 39.3. The van der Waals surface area contributed by atoms with Crippen molar-refractivity contribution in [1.82, 2.24) is 14.9 Å². The molecule has 12 heteroatoms. The molecule has 1 aliphatic rings. The first kappa shape index (κ1) is 84.4. The predicted molar refractivity (Wildman–Crippen MR) is 394 cm³/mol. The Hall–Kier alpha value is -3.80. The van der Waals surface area contributed by atoms with Gasteiger partial charge in [0, 0.05) is 31.1 Å². The topological polar surface area (TPSA) is 147 Å². The van der Waals surface area contributed by atoms with E-state index in [1.54, 1.807) is 6.92 Å². The van der Waals surface area contributed by atoms with Gasteiger partial charge in [0.2, 0.25) is 11.7 Å². The summed E-state index contributed by atoms with van der Waals surface area (Å²) in [6.07, 6.45) is 38.4. The van der Waals surface area contributed by atoms with Crippen LogP contribution in [0, 0.1) is 77.9 Å². The first-order valence-corrected chi connectivity index (χ1v) is 39.3. The number of ether oxygens (including phenoxy) is 5. The average molecular weight is 1320 g/mol. The number of aromatic amines is 1. The van der Waals surface area contributed by atoms with Crippen molar-refractivity contribution < 1.29 is 33.3 Å². The lowest BCUT2D eigenvalue weighted by Gasteiger charge is -2.21. The largest absolute Gasteiger partial charge is 0.490 e. The minimum Gasteiger partial charge on any atom is -0.490 e. The number of esters is 1. The molecule has 544 valence electrons. The highest BCUT2D eigenvalue weighted by Crippen LogP contribution is 2.41. The molecule has 12 atom stereocenters. The third-order valence-electron chi connectivity index (χ3n) is 20.8. The van der Waals surface area contributed by atoms with Crippen LogP contribution < -0.4 is 30.8 Å². The maximum absolute atomic E-state index is 13.6. The highest BCUT2D eigenvalue weighted by molar-refractivity contribution is 5.81. The van der Waals surface area contributed by atoms with Crippen LogP contribution in [0.2, 0.25) is 0 Å². The fourth-order valence-electron chi connectivity index (χ4n) is 13.9. The van der Waals surface area contributed by atoms with E-state index in [1.165, 1.54) is 184 Å². The lowest BCUT2D eigenvalue weighted by Crippen LogP contribution is -2.33. The van der Waals surface area contributed by atoms with Gasteiger partial charge in [-0.25, -0.2) is 4.79 Å². The number of rotatable bonds is 56. The van der Waals surface area contributed by atoms with Crippen LogP contribution >= 0.6 is 0 Å². The fourth-order valence-corrected chi connectivity index (χ4v) is 13.9. The standard InChI is InChI=1S/C82H147N3O9/c1-18-73-74(56-78(93-73)85-58-71(17)81(88)84-82(85)89)94-79(87)47-46-77(86)83-57-72-54-75(90-51-48-68(14)43-25-40-65(11)37-22-34-62(8)31-19-28-59(2)3)80(92-53-50-70(16)45-27-42-67(13)39-24-36-64(10)33-21-30-61(6)7)76(55-72)91-52-49-69(15)44-26-41-66(12)38-23-35-63(9)32-20-29-60(4)5/h54-55,58-70,73-74,78H,18-53,56-57H2,1-17H3,(H,83,86)(H,84,88,89)/t62?,63?,64?,65?,66?,67?,68?,69?,70?,73?,74-,78?/m1/s1. The van der Waals surface area contributed by atoms with Crippen LogP contribution in [0.5, 0.6) is 17.2 Å². The molecular weight excluding hydrogens is 1170 g/mol. The lowest BCUT2D eigenvalue weighted by molar-refractivity contribution is -0.153. The smallest absolute Gasteiger partial charge is 0.330 e. The summed E-state index contributed by atoms with van der Waals surface area (Å²) in [5.41, 5.74) is 0.191. The number of carbonyl (C=O) groups is 2. The van der Waals surface area contributed by atoms with Gasteiger partial charge in [0.15, 0.2) is 11.5 Å². The van der Waals surface area contributed by atoms with Crippen molar-refractivity contribution >= 4 is 11.9 Å². The van der Waals surface area contributed by atoms with E-state index in [-0.39, 0.29) is 31.7 Å². The van der Waals surface area contributed by atoms with Crippen LogP contribution in [0.25, 0.3) is 0 Å². The second-order valence-electron chi connectivity index (χ2n) is 32.4. The molecule has 11 unspecified atom stereocenters. The number of hydrogen-bond donors (Lipinski definition) is 2. The number of aromatic nitrogens is 2. The Balaban J connectivity index is 1.74. The first-order chi connectivity index (χ1) is 44.8. The summed E-state index contributed by atoms with van der Waals surface area (Å²) in [6.45, 7) is 41.2. The quantitative estimate of drug-likeness (QED) is 0.0618. The van der Waals surface area contributed by atoms with E-state index in [4.69, 9.17) is 23.7 Å². The van der Waals surface area contributed by atoms with E-state index >= 15 is 0 Å². The molecule has 1 fully saturated rings. The van der Waals surface area contributed by atoms with Crippen LogP contribution in [-0.4, -0.2) is 53.5 Å². The Morgan fingerprint density at radius 1 is 0.500 bits per heavy atom. The maximum Gasteiger partial charge on any atom is 0.330 e. The zero-order valence-corrected chi connectivity index (χ0v) is 63.9. The number of H-pyrrole nitrogens is 1. The molecule has 94 heavy (non-hydrogen) atoms. The zero-order chi connectivity index (χ0) is 69.4. The molecule has 2 heterocycles. The van der Waals surface area contributed by atoms with Gasteiger partial charge in [-0.05, 0) is 121 Å². The van der Waals surface area contributed by atoms with E-state index in [1.807, 2.05) is 19.1 Å². The average Bonchev–Trinajstić information content (AvgIpc) is 1.58. The van der Waals surface area contributed by atoms with Gasteiger partial charge in [-0.2, -0.15) is 0 Å². The second-order valence-corrected chi connectivity index (χ2v) is 32.4. The number of carbonyl (C=O) groups excluding carboxylic acids is 2. The summed E-state index contributed by atoms with van der Waals surface area (Å²) >= 11 is 0. The van der Waals surface area contributed by atoms with Crippen LogP contribution in [0.3, 0.4) is 0 Å². The number of hydrogen-bond acceptors (Lipinski definition) is 9. The van der Waals surface area contributed by atoms with Crippen LogP contribution in [0.1, 0.15) is 346 Å². The maximum atomic E-state index is 13.6. The van der Waals surface area contributed by atoms with Crippen molar-refractivity contribution in [1.29, 1.82) is 0 Å². The molecule has 0 aliphatic carbocycles. The van der Waals surface area contributed by atoms with Gasteiger partial charge >= 0.3 is 11.7 Å². The summed E-state index contributed by atoms with van der Waals surface area (Å²) in [7, 11) is 0. The lowest BCUT2D eigenvalue weighted by atomic mass is 9.91. The molecule has 1 saturated heterocycles. The summed E-state index contributed by atoms with van der Waals surface area (Å²) in [5, 5.41) is 3.08. The van der Waals surface area contributed by atoms with E-state index in [0.717, 1.165) is 78.1 Å². The number of aryl methyl sites for hydroxylation is 1. The van der Waals surface area contributed by atoms with Crippen molar-refractivity contribution in [3.8, 4) is 17.2 Å². The van der Waals surface area contributed by atoms with Crippen molar-refractivity contribution in [2.75, 3.05) is 19.8 Å². The molecule has 2 N–H and O–H groups in total. The van der Waals surface area contributed by atoms with Gasteiger partial charge in [0.1, 0.15) is 12.3 Å². The van der Waals surface area contributed by atoms with E-state index in [2.05, 4.69) is 114 Å². The zero-order valence-electron chi connectivity index (χ0n) is 63.9. The highest BCUT2D eigenvalue weighted by atomic mass is 16.6. The Kier molecular flexibility index (Phi) is 43.9.